The fourth-order valence-electron chi connectivity index (χ4n) is 0.838. The van der Waals surface area contributed by atoms with E-state index in [1.807, 2.05) is 6.92 Å². The molecule has 2 rings (SSSR count). The predicted octanol–water partition coefficient (Wildman–Crippen LogP) is 0.366. The van der Waals surface area contributed by atoms with Crippen molar-refractivity contribution < 1.29 is 0 Å². The van der Waals surface area contributed by atoms with Crippen molar-refractivity contribution >= 4 is 0 Å². The van der Waals surface area contributed by atoms with E-state index in [1.54, 1.807) is 29.6 Å². The average molecular weight is 161 g/mol. The van der Waals surface area contributed by atoms with Crippen LogP contribution in [-0.4, -0.2) is 24.7 Å². The van der Waals surface area contributed by atoms with Gasteiger partial charge in [0.1, 0.15) is 12.7 Å². The molecule has 0 saturated carbocycles. The molecule has 0 aliphatic carbocycles. The Bertz CT molecular complexity index is 350. The lowest BCUT2D eigenvalue weighted by Gasteiger charge is -1.97. The van der Waals surface area contributed by atoms with Crippen LogP contribution in [-0.2, 0) is 0 Å². The van der Waals surface area contributed by atoms with Crippen LogP contribution < -0.4 is 0 Å². The lowest BCUT2D eigenvalue weighted by molar-refractivity contribution is 0.954. The van der Waals surface area contributed by atoms with Crippen molar-refractivity contribution in [3.05, 3.63) is 30.7 Å². The summed E-state index contributed by atoms with van der Waals surface area (Å²) >= 11 is 0. The molecule has 0 bridgehead atoms. The van der Waals surface area contributed by atoms with Gasteiger partial charge in [0.25, 0.3) is 0 Å². The van der Waals surface area contributed by atoms with Gasteiger partial charge in [-0.3, -0.25) is 9.55 Å². The molecule has 12 heavy (non-hydrogen) atoms. The van der Waals surface area contributed by atoms with Gasteiger partial charge in [-0.25, -0.2) is 4.98 Å². The molecule has 5 nitrogen and oxygen atoms in total. The topological polar surface area (TPSA) is 56.5 Å². The second-order valence-corrected chi connectivity index (χ2v) is 2.39. The molecule has 0 saturated heterocycles. The Hall–Kier alpha value is -1.78. The lowest BCUT2D eigenvalue weighted by Crippen LogP contribution is -1.95. The Morgan fingerprint density at radius 3 is 2.42 bits per heavy atom. The van der Waals surface area contributed by atoms with Crippen LogP contribution in [0, 0.1) is 6.92 Å². The first-order valence-electron chi connectivity index (χ1n) is 3.50. The van der Waals surface area contributed by atoms with Crippen molar-refractivity contribution in [3.63, 3.8) is 0 Å². The van der Waals surface area contributed by atoms with Gasteiger partial charge >= 0.3 is 0 Å². The SMILES string of the molecule is Cc1cnc(-n2cnnc2)cn1. The number of hydrogen-bond donors (Lipinski definition) is 0. The molecule has 0 aliphatic rings. The van der Waals surface area contributed by atoms with Gasteiger partial charge in [-0.1, -0.05) is 0 Å². The molecular formula is C7H7N5. The van der Waals surface area contributed by atoms with Crippen molar-refractivity contribution in [3.8, 4) is 5.82 Å². The third kappa shape index (κ3) is 1.16. The number of aromatic nitrogens is 5. The molecule has 60 valence electrons. The second-order valence-electron chi connectivity index (χ2n) is 2.39. The Morgan fingerprint density at radius 2 is 1.83 bits per heavy atom. The Kier molecular flexibility index (Phi) is 1.55. The van der Waals surface area contributed by atoms with Gasteiger partial charge in [0, 0.05) is 0 Å². The number of nitrogens with zero attached hydrogens (tertiary/aromatic N) is 5. The van der Waals surface area contributed by atoms with E-state index < -0.39 is 0 Å². The molecule has 0 spiro atoms. The Labute approximate surface area is 69.1 Å². The maximum absolute atomic E-state index is 4.14. The van der Waals surface area contributed by atoms with Crippen LogP contribution in [0.1, 0.15) is 5.69 Å². The van der Waals surface area contributed by atoms with Gasteiger partial charge in [0.2, 0.25) is 0 Å². The van der Waals surface area contributed by atoms with Crippen LogP contribution in [0.4, 0.5) is 0 Å². The third-order valence-corrected chi connectivity index (χ3v) is 1.45. The fourth-order valence-corrected chi connectivity index (χ4v) is 0.838. The molecule has 0 amide bonds. The van der Waals surface area contributed by atoms with Crippen LogP contribution >= 0.6 is 0 Å². The Morgan fingerprint density at radius 1 is 1.08 bits per heavy atom. The van der Waals surface area contributed by atoms with Gasteiger partial charge in [-0.05, 0) is 6.92 Å². The minimum atomic E-state index is 0.727. The molecule has 2 heterocycles. The van der Waals surface area contributed by atoms with E-state index >= 15 is 0 Å². The van der Waals surface area contributed by atoms with Crippen molar-refractivity contribution in [2.75, 3.05) is 0 Å². The smallest absolute Gasteiger partial charge is 0.157 e. The van der Waals surface area contributed by atoms with Crippen LogP contribution in [0.2, 0.25) is 0 Å². The average Bonchev–Trinajstić information content (AvgIpc) is 2.58. The van der Waals surface area contributed by atoms with E-state index in [0.717, 1.165) is 11.5 Å². The first kappa shape index (κ1) is 6.90. The van der Waals surface area contributed by atoms with Crippen molar-refractivity contribution in [1.82, 2.24) is 24.7 Å². The monoisotopic (exact) mass is 161 g/mol. The summed E-state index contributed by atoms with van der Waals surface area (Å²) < 4.78 is 1.70. The largest absolute Gasteiger partial charge is 0.271 e. The van der Waals surface area contributed by atoms with E-state index in [4.69, 9.17) is 0 Å². The highest BCUT2D eigenvalue weighted by Gasteiger charge is 1.95. The van der Waals surface area contributed by atoms with E-state index in [-0.39, 0.29) is 0 Å². The molecule has 2 aromatic rings. The molecule has 0 fully saturated rings. The number of rotatable bonds is 1. The molecule has 0 unspecified atom stereocenters. The third-order valence-electron chi connectivity index (χ3n) is 1.45. The van der Waals surface area contributed by atoms with Gasteiger partial charge in [-0.15, -0.1) is 10.2 Å². The van der Waals surface area contributed by atoms with Crippen molar-refractivity contribution in [1.29, 1.82) is 0 Å². The summed E-state index contributed by atoms with van der Waals surface area (Å²) in [6.07, 6.45) is 6.55. The summed E-state index contributed by atoms with van der Waals surface area (Å²) in [5, 5.41) is 7.33. The molecule has 0 N–H and O–H groups in total. The van der Waals surface area contributed by atoms with Crippen molar-refractivity contribution in [2.45, 2.75) is 6.92 Å². The van der Waals surface area contributed by atoms with E-state index in [2.05, 4.69) is 20.2 Å². The van der Waals surface area contributed by atoms with Gasteiger partial charge in [-0.2, -0.15) is 0 Å². The highest BCUT2D eigenvalue weighted by molar-refractivity contribution is 5.16. The standard InChI is InChI=1S/C7H7N5/c1-6-2-9-7(3-8-6)12-4-10-11-5-12/h2-5H,1H3. The number of aryl methyl sites for hydroxylation is 1. The fraction of sp³-hybridized carbons (Fsp3) is 0.143. The van der Waals surface area contributed by atoms with E-state index in [1.165, 1.54) is 0 Å². The van der Waals surface area contributed by atoms with E-state index in [0.29, 0.717) is 0 Å². The highest BCUT2D eigenvalue weighted by atomic mass is 15.3. The summed E-state index contributed by atoms with van der Waals surface area (Å²) in [5.41, 5.74) is 0.895. The summed E-state index contributed by atoms with van der Waals surface area (Å²) in [7, 11) is 0. The summed E-state index contributed by atoms with van der Waals surface area (Å²) in [5.74, 6) is 0.727. The zero-order valence-electron chi connectivity index (χ0n) is 6.55. The van der Waals surface area contributed by atoms with E-state index in [9.17, 15) is 0 Å². The molecular weight excluding hydrogens is 154 g/mol. The number of hydrogen-bond acceptors (Lipinski definition) is 4. The normalized spacial score (nSPS) is 10.1. The van der Waals surface area contributed by atoms with Crippen molar-refractivity contribution in [2.24, 2.45) is 0 Å². The molecule has 0 radical (unpaired) electrons. The van der Waals surface area contributed by atoms with Gasteiger partial charge in [0.05, 0.1) is 18.1 Å². The maximum atomic E-state index is 4.14. The second kappa shape index (κ2) is 2.69. The minimum absolute atomic E-state index is 0.727. The minimum Gasteiger partial charge on any atom is -0.271 e. The van der Waals surface area contributed by atoms with Crippen LogP contribution in [0.15, 0.2) is 25.0 Å². The molecule has 0 atom stereocenters. The zero-order valence-corrected chi connectivity index (χ0v) is 6.55. The van der Waals surface area contributed by atoms with Gasteiger partial charge < -0.3 is 0 Å². The van der Waals surface area contributed by atoms with Crippen LogP contribution in [0.25, 0.3) is 5.82 Å². The van der Waals surface area contributed by atoms with Crippen LogP contribution in [0.3, 0.4) is 0 Å². The summed E-state index contributed by atoms with van der Waals surface area (Å²) in [6, 6.07) is 0. The van der Waals surface area contributed by atoms with Crippen LogP contribution in [0.5, 0.6) is 0 Å². The lowest BCUT2D eigenvalue weighted by atomic mass is 10.5. The summed E-state index contributed by atoms with van der Waals surface area (Å²) in [6.45, 7) is 1.89. The quantitative estimate of drug-likeness (QED) is 0.606. The first-order chi connectivity index (χ1) is 5.86. The molecule has 0 aromatic carbocycles. The maximum Gasteiger partial charge on any atom is 0.157 e. The molecule has 5 heteroatoms. The predicted molar refractivity (Wildman–Crippen MR) is 41.7 cm³/mol. The summed E-state index contributed by atoms with van der Waals surface area (Å²) in [4.78, 5) is 8.24. The first-order valence-corrected chi connectivity index (χ1v) is 3.50. The van der Waals surface area contributed by atoms with Gasteiger partial charge in [0.15, 0.2) is 5.82 Å². The molecule has 2 aromatic heterocycles. The highest BCUT2D eigenvalue weighted by Crippen LogP contribution is 1.99. The molecule has 0 aliphatic heterocycles. The zero-order chi connectivity index (χ0) is 8.39. The Balaban J connectivity index is 2.43.